The number of piperazine rings is 1. The molecule has 336 valence electrons. The number of benzene rings is 4. The fourth-order valence-electron chi connectivity index (χ4n) is 10.0. The molecule has 15 heteroatoms. The summed E-state index contributed by atoms with van der Waals surface area (Å²) in [6, 6.07) is 27.4. The van der Waals surface area contributed by atoms with E-state index in [-0.39, 0.29) is 17.8 Å². The number of nitrogens with one attached hydrogen (secondary N) is 3. The van der Waals surface area contributed by atoms with E-state index in [4.69, 9.17) is 14.5 Å². The lowest BCUT2D eigenvalue weighted by Gasteiger charge is -2.39. The van der Waals surface area contributed by atoms with E-state index in [1.54, 1.807) is 42.5 Å². The minimum atomic E-state index is -1.16. The van der Waals surface area contributed by atoms with Gasteiger partial charge >= 0.3 is 6.03 Å². The lowest BCUT2D eigenvalue weighted by Crippen LogP contribution is -2.49. The van der Waals surface area contributed by atoms with Crippen molar-refractivity contribution in [1.29, 1.82) is 0 Å². The Balaban J connectivity index is 0.698. The van der Waals surface area contributed by atoms with Crippen LogP contribution in [-0.4, -0.2) is 104 Å². The largest absolute Gasteiger partial charge is 0.495 e. The van der Waals surface area contributed by atoms with Gasteiger partial charge in [-0.1, -0.05) is 12.1 Å². The highest BCUT2D eigenvalue weighted by Crippen LogP contribution is 2.48. The maximum Gasteiger partial charge on any atom is 0.328 e. The molecule has 3 N–H and O–H groups in total. The molecule has 1 saturated carbocycles. The zero-order valence-electron chi connectivity index (χ0n) is 36.4. The second kappa shape index (κ2) is 17.8. The molecule has 1 aromatic heterocycles. The average Bonchev–Trinajstić information content (AvgIpc) is 3.92. The van der Waals surface area contributed by atoms with Gasteiger partial charge in [-0.25, -0.2) is 9.18 Å². The van der Waals surface area contributed by atoms with Gasteiger partial charge in [0.25, 0.3) is 0 Å². The van der Waals surface area contributed by atoms with Crippen LogP contribution in [0, 0.1) is 17.2 Å². The van der Waals surface area contributed by atoms with Crippen molar-refractivity contribution in [2.24, 2.45) is 11.3 Å². The van der Waals surface area contributed by atoms with Crippen molar-refractivity contribution < 1.29 is 33.0 Å². The third-order valence-corrected chi connectivity index (χ3v) is 14.0. The molecule has 4 saturated heterocycles. The predicted octanol–water partition coefficient (Wildman–Crippen LogP) is 7.20. The number of ether oxygens (including phenoxy) is 2. The van der Waals surface area contributed by atoms with Crippen LogP contribution in [0.1, 0.15) is 44.1 Å². The Labute approximate surface area is 377 Å². The lowest BCUT2D eigenvalue weighted by molar-refractivity contribution is -0.131. The first-order chi connectivity index (χ1) is 31.6. The van der Waals surface area contributed by atoms with Crippen LogP contribution in [0.15, 0.2) is 97.2 Å². The standard InChI is InChI=1S/C50H53FN8O6/c1-64-45-27-41-42(52-21-14-44(41)65-40-12-8-36(9-13-40)54-48(62)50(19-20-50)47(61)53-35-6-4-34(51)5-7-35)28-43(45)56-22-16-33(17-23-56)29-58-31-38-26-39(58)30-57(38)24-15-32-2-10-37(11-3-32)59-25-18-46(60)55-49(59)63/h2-14,21,27-28,33,38-39H,15-20,22-26,29-31H2,1H3,(H,53,61)(H,54,62)(H,55,60,63)/t38-,39-/m0/s1. The van der Waals surface area contributed by atoms with Crippen molar-refractivity contribution in [3.8, 4) is 17.2 Å². The lowest BCUT2D eigenvalue weighted by atomic mass is 9.95. The summed E-state index contributed by atoms with van der Waals surface area (Å²) in [4.78, 5) is 64.1. The van der Waals surface area contributed by atoms with Gasteiger partial charge in [-0.05, 0) is 129 Å². The zero-order valence-corrected chi connectivity index (χ0v) is 36.4. The highest BCUT2D eigenvalue weighted by Gasteiger charge is 2.56. The highest BCUT2D eigenvalue weighted by atomic mass is 19.1. The molecule has 14 nitrogen and oxygen atoms in total. The molecular weight excluding hydrogens is 828 g/mol. The van der Waals surface area contributed by atoms with Crippen molar-refractivity contribution >= 4 is 57.4 Å². The Morgan fingerprint density at radius 1 is 0.831 bits per heavy atom. The van der Waals surface area contributed by atoms with Crippen LogP contribution in [-0.2, 0) is 20.8 Å². The van der Waals surface area contributed by atoms with Crippen LogP contribution in [0.25, 0.3) is 10.9 Å². The number of carbonyl (C=O) groups is 4. The summed E-state index contributed by atoms with van der Waals surface area (Å²) < 4.78 is 25.6. The number of likely N-dealkylation sites (tertiary alicyclic amines) is 2. The number of aromatic nitrogens is 1. The number of nitrogens with zero attached hydrogens (tertiary/aromatic N) is 5. The normalized spacial score (nSPS) is 20.8. The third kappa shape index (κ3) is 8.94. The zero-order chi connectivity index (χ0) is 44.7. The van der Waals surface area contributed by atoms with Gasteiger partial charge in [0.05, 0.1) is 18.3 Å². The fourth-order valence-corrected chi connectivity index (χ4v) is 10.0. The van der Waals surface area contributed by atoms with E-state index < -0.39 is 17.1 Å². The molecule has 65 heavy (non-hydrogen) atoms. The topological polar surface area (TPSA) is 149 Å². The average molecular weight is 881 g/mol. The van der Waals surface area contributed by atoms with E-state index in [2.05, 4.69) is 48.8 Å². The van der Waals surface area contributed by atoms with E-state index in [1.165, 1.54) is 36.2 Å². The molecule has 5 aliphatic rings. The van der Waals surface area contributed by atoms with Crippen molar-refractivity contribution in [3.05, 3.63) is 109 Å². The van der Waals surface area contributed by atoms with Crippen LogP contribution >= 0.6 is 0 Å². The Morgan fingerprint density at radius 3 is 2.15 bits per heavy atom. The molecule has 0 unspecified atom stereocenters. The Bertz CT molecular complexity index is 2600. The molecule has 5 heterocycles. The van der Waals surface area contributed by atoms with E-state index >= 15 is 0 Å². The summed E-state index contributed by atoms with van der Waals surface area (Å²) in [6.45, 7) is 6.71. The third-order valence-electron chi connectivity index (χ3n) is 14.0. The quantitative estimate of drug-likeness (QED) is 0.0979. The molecule has 5 amide bonds. The number of amides is 5. The van der Waals surface area contributed by atoms with Crippen LogP contribution in [0.4, 0.5) is 31.9 Å². The first-order valence-electron chi connectivity index (χ1n) is 22.7. The van der Waals surface area contributed by atoms with Crippen LogP contribution in [0.5, 0.6) is 17.2 Å². The number of anilines is 4. The molecule has 1 aliphatic carbocycles. The van der Waals surface area contributed by atoms with Gasteiger partial charge in [-0.2, -0.15) is 0 Å². The summed E-state index contributed by atoms with van der Waals surface area (Å²) in [7, 11) is 1.70. The van der Waals surface area contributed by atoms with Crippen LogP contribution < -0.4 is 35.2 Å². The molecule has 2 bridgehead atoms. The van der Waals surface area contributed by atoms with Crippen molar-refractivity contribution in [2.45, 2.75) is 57.0 Å². The van der Waals surface area contributed by atoms with Crippen molar-refractivity contribution in [1.82, 2.24) is 20.1 Å². The summed E-state index contributed by atoms with van der Waals surface area (Å²) in [5.41, 5.74) is 3.72. The van der Waals surface area contributed by atoms with E-state index in [9.17, 15) is 23.6 Å². The molecule has 0 spiro atoms. The highest BCUT2D eigenvalue weighted by molar-refractivity contribution is 6.17. The molecule has 5 aromatic rings. The SMILES string of the molecule is COc1cc2c(Oc3ccc(NC(=O)C4(C(=O)Nc5ccc(F)cc5)CC4)cc3)ccnc2cc1N1CCC(CN2C[C@@H]3C[C@H]2CN3CCc2ccc(N3CCC(=O)NC3=O)cc2)CC1. The van der Waals surface area contributed by atoms with Gasteiger partial charge < -0.3 is 25.0 Å². The number of urea groups is 1. The number of fused-ring (bicyclic) bond motifs is 3. The molecule has 10 rings (SSSR count). The number of methoxy groups -OCH3 is 1. The molecule has 4 aliphatic heterocycles. The van der Waals surface area contributed by atoms with Gasteiger partial charge in [0.1, 0.15) is 28.5 Å². The number of rotatable bonds is 14. The Hall–Kier alpha value is -6.58. The van der Waals surface area contributed by atoms with Gasteiger partial charge in [0.2, 0.25) is 17.7 Å². The number of piperidine rings is 1. The van der Waals surface area contributed by atoms with Gasteiger partial charge in [0.15, 0.2) is 0 Å². The smallest absolute Gasteiger partial charge is 0.328 e. The van der Waals surface area contributed by atoms with E-state index in [0.717, 1.165) is 86.6 Å². The van der Waals surface area contributed by atoms with Crippen molar-refractivity contribution in [2.75, 3.05) is 73.4 Å². The first kappa shape index (κ1) is 42.4. The summed E-state index contributed by atoms with van der Waals surface area (Å²) in [6.07, 6.45) is 7.36. The minimum absolute atomic E-state index is 0.221. The molecule has 0 radical (unpaired) electrons. The van der Waals surface area contributed by atoms with Gasteiger partial charge in [-0.15, -0.1) is 0 Å². The maximum absolute atomic E-state index is 13.3. The molecule has 5 fully saturated rings. The van der Waals surface area contributed by atoms with Gasteiger partial charge in [0, 0.05) is 93.0 Å². The number of carbonyl (C=O) groups excluding carboxylic acids is 4. The van der Waals surface area contributed by atoms with Gasteiger partial charge in [-0.3, -0.25) is 39.4 Å². The first-order valence-corrected chi connectivity index (χ1v) is 22.7. The number of hydrogen-bond donors (Lipinski definition) is 3. The van der Waals surface area contributed by atoms with E-state index in [0.29, 0.717) is 66.7 Å². The van der Waals surface area contributed by atoms with Crippen LogP contribution in [0.3, 0.4) is 0 Å². The summed E-state index contributed by atoms with van der Waals surface area (Å²) in [5.74, 6) is 1.20. The summed E-state index contributed by atoms with van der Waals surface area (Å²) in [5, 5.41) is 8.83. The number of hydrogen-bond acceptors (Lipinski definition) is 10. The summed E-state index contributed by atoms with van der Waals surface area (Å²) >= 11 is 0. The fraction of sp³-hybridized carbons (Fsp3) is 0.380. The number of imide groups is 1. The maximum atomic E-state index is 13.3. The Morgan fingerprint density at radius 2 is 1.51 bits per heavy atom. The molecule has 2 atom stereocenters. The van der Waals surface area contributed by atoms with Crippen molar-refractivity contribution in [3.63, 3.8) is 0 Å². The number of halogens is 1. The monoisotopic (exact) mass is 880 g/mol. The Kier molecular flexibility index (Phi) is 11.6. The molecular formula is C50H53FN8O6. The molecule has 4 aromatic carbocycles. The minimum Gasteiger partial charge on any atom is -0.495 e. The predicted molar refractivity (Wildman–Crippen MR) is 246 cm³/mol. The second-order valence-corrected chi connectivity index (χ2v) is 18.1. The van der Waals surface area contributed by atoms with E-state index in [1.807, 2.05) is 24.3 Å². The second-order valence-electron chi connectivity index (χ2n) is 18.1. The van der Waals surface area contributed by atoms with Crippen LogP contribution in [0.2, 0.25) is 0 Å². The number of pyridine rings is 1.